The lowest BCUT2D eigenvalue weighted by atomic mass is 10.1. The molecule has 0 atom stereocenters. The van der Waals surface area contributed by atoms with Crippen LogP contribution in [0.4, 0.5) is 17.2 Å². The Bertz CT molecular complexity index is 1350. The first-order valence-corrected chi connectivity index (χ1v) is 11.6. The number of anilines is 3. The van der Waals surface area contributed by atoms with Crippen LogP contribution in [0, 0.1) is 19.3 Å². The van der Waals surface area contributed by atoms with Gasteiger partial charge in [-0.25, -0.2) is 9.97 Å². The second-order valence-corrected chi connectivity index (χ2v) is 8.01. The molecule has 7 nitrogen and oxygen atoms in total. The summed E-state index contributed by atoms with van der Waals surface area (Å²) in [6, 6.07) is 19.8. The molecule has 36 heavy (non-hydrogen) atoms. The van der Waals surface area contributed by atoms with E-state index >= 15 is 0 Å². The van der Waals surface area contributed by atoms with Crippen molar-refractivity contribution in [2.75, 3.05) is 45.5 Å². The predicted octanol–water partition coefficient (Wildman–Crippen LogP) is 5.44. The van der Waals surface area contributed by atoms with E-state index in [2.05, 4.69) is 15.8 Å². The molecular weight excluding hydrogens is 454 g/mol. The molecule has 184 valence electrons. The predicted molar refractivity (Wildman–Crippen MR) is 142 cm³/mol. The van der Waals surface area contributed by atoms with Crippen molar-refractivity contribution >= 4 is 28.1 Å². The fourth-order valence-corrected chi connectivity index (χ4v) is 3.80. The molecule has 4 rings (SSSR count). The highest BCUT2D eigenvalue weighted by molar-refractivity contribution is 5.96. The maximum atomic E-state index is 6.02. The Morgan fingerprint density at radius 2 is 1.50 bits per heavy atom. The van der Waals surface area contributed by atoms with Gasteiger partial charge in [0.15, 0.2) is 11.5 Å². The number of terminal acetylenes is 1. The summed E-state index contributed by atoms with van der Waals surface area (Å²) in [6.45, 7) is 3.66. The average molecular weight is 484 g/mol. The number of hydrogen-bond acceptors (Lipinski definition) is 7. The molecule has 0 saturated heterocycles. The molecule has 0 aliphatic heterocycles. The van der Waals surface area contributed by atoms with Crippen LogP contribution in [0.5, 0.6) is 11.5 Å². The van der Waals surface area contributed by atoms with E-state index in [0.717, 1.165) is 33.4 Å². The van der Waals surface area contributed by atoms with Crippen molar-refractivity contribution in [3.8, 4) is 23.8 Å². The molecule has 3 aromatic carbocycles. The first-order chi connectivity index (χ1) is 17.7. The van der Waals surface area contributed by atoms with Gasteiger partial charge >= 0.3 is 0 Å². The van der Waals surface area contributed by atoms with E-state index in [0.29, 0.717) is 43.7 Å². The first-order valence-electron chi connectivity index (χ1n) is 11.6. The van der Waals surface area contributed by atoms with Gasteiger partial charge in [-0.15, -0.1) is 6.42 Å². The van der Waals surface area contributed by atoms with Gasteiger partial charge in [-0.05, 0) is 42.8 Å². The topological polar surface area (TPSA) is 65.9 Å². The number of methoxy groups -OCH3 is 2. The lowest BCUT2D eigenvalue weighted by Gasteiger charge is -2.26. The fourth-order valence-electron chi connectivity index (χ4n) is 3.80. The first kappa shape index (κ1) is 25.0. The van der Waals surface area contributed by atoms with Crippen LogP contribution in [0.3, 0.4) is 0 Å². The van der Waals surface area contributed by atoms with E-state index in [1.807, 2.05) is 67.6 Å². The van der Waals surface area contributed by atoms with E-state index in [1.165, 1.54) is 0 Å². The van der Waals surface area contributed by atoms with Crippen LogP contribution < -0.4 is 14.4 Å². The van der Waals surface area contributed by atoms with Gasteiger partial charge in [-0.3, -0.25) is 4.90 Å². The summed E-state index contributed by atoms with van der Waals surface area (Å²) in [4.78, 5) is 11.3. The van der Waals surface area contributed by atoms with Crippen molar-refractivity contribution in [1.82, 2.24) is 9.97 Å². The maximum Gasteiger partial charge on any atom is 0.163 e. The highest BCUT2D eigenvalue weighted by atomic mass is 16.5. The second-order valence-electron chi connectivity index (χ2n) is 8.01. The van der Waals surface area contributed by atoms with Crippen molar-refractivity contribution in [2.24, 2.45) is 0 Å². The van der Waals surface area contributed by atoms with Gasteiger partial charge in [0.05, 0.1) is 18.7 Å². The Labute approximate surface area is 211 Å². The Balaban J connectivity index is 1.89. The highest BCUT2D eigenvalue weighted by Gasteiger charge is 2.20. The van der Waals surface area contributed by atoms with Crippen LogP contribution in [-0.2, 0) is 9.47 Å². The summed E-state index contributed by atoms with van der Waals surface area (Å²) in [5.41, 5.74) is 4.41. The summed E-state index contributed by atoms with van der Waals surface area (Å²) in [6.07, 6.45) is 7.34. The number of nitrogens with zero attached hydrogens (tertiary/aromatic N) is 3. The lowest BCUT2D eigenvalue weighted by Crippen LogP contribution is -2.13. The molecule has 7 heteroatoms. The molecule has 0 N–H and O–H groups in total. The van der Waals surface area contributed by atoms with Crippen molar-refractivity contribution in [3.05, 3.63) is 78.1 Å². The van der Waals surface area contributed by atoms with E-state index in [1.54, 1.807) is 20.5 Å². The summed E-state index contributed by atoms with van der Waals surface area (Å²) < 4.78 is 22.3. The monoisotopic (exact) mass is 483 g/mol. The molecule has 0 spiro atoms. The number of fused-ring (bicyclic) bond motifs is 1. The summed E-state index contributed by atoms with van der Waals surface area (Å²) in [5, 5.41) is 0.802. The normalized spacial score (nSPS) is 10.7. The number of para-hydroxylation sites is 1. The number of ether oxygens (including phenoxy) is 4. The third kappa shape index (κ3) is 5.57. The third-order valence-corrected chi connectivity index (χ3v) is 5.63. The number of hydrogen-bond donors (Lipinski definition) is 0. The minimum absolute atomic E-state index is 0.373. The molecule has 0 bridgehead atoms. The van der Waals surface area contributed by atoms with Gasteiger partial charge in [0, 0.05) is 42.6 Å². The van der Waals surface area contributed by atoms with Crippen LogP contribution in [0.25, 0.3) is 10.9 Å². The van der Waals surface area contributed by atoms with Crippen LogP contribution >= 0.6 is 0 Å². The van der Waals surface area contributed by atoms with Crippen molar-refractivity contribution < 1.29 is 18.9 Å². The van der Waals surface area contributed by atoms with Crippen molar-refractivity contribution in [2.45, 2.75) is 6.92 Å². The zero-order valence-corrected chi connectivity index (χ0v) is 20.7. The van der Waals surface area contributed by atoms with Gasteiger partial charge in [0.1, 0.15) is 25.4 Å². The Hall–Kier alpha value is -4.12. The molecule has 0 saturated carbocycles. The molecular formula is C29H29N3O4. The number of aryl methyl sites for hydroxylation is 1. The van der Waals surface area contributed by atoms with Crippen LogP contribution in [0.2, 0.25) is 0 Å². The zero-order chi connectivity index (χ0) is 25.3. The average Bonchev–Trinajstić information content (AvgIpc) is 2.91. The summed E-state index contributed by atoms with van der Waals surface area (Å²) >= 11 is 0. The molecule has 0 fully saturated rings. The molecule has 0 aliphatic rings. The third-order valence-electron chi connectivity index (χ3n) is 5.63. The molecule has 0 radical (unpaired) electrons. The van der Waals surface area contributed by atoms with E-state index in [4.69, 9.17) is 30.4 Å². The standard InChI is InChI=1S/C29H29N3O4/c1-5-22-17-24(12-11-21(22)2)32(23-9-7-6-8-10-23)29-25-18-27(35-15-13-33-3)28(36-16-14-34-4)19-26(25)30-20-31-29/h1,6-12,17-20H,13-16H2,2-4H3. The van der Waals surface area contributed by atoms with Crippen molar-refractivity contribution in [1.29, 1.82) is 0 Å². The Morgan fingerprint density at radius 1 is 0.806 bits per heavy atom. The maximum absolute atomic E-state index is 6.02. The smallest absolute Gasteiger partial charge is 0.163 e. The minimum atomic E-state index is 0.373. The molecule has 0 aliphatic carbocycles. The molecule has 0 unspecified atom stereocenters. The van der Waals surface area contributed by atoms with E-state index < -0.39 is 0 Å². The van der Waals surface area contributed by atoms with Crippen LogP contribution in [0.1, 0.15) is 11.1 Å². The SMILES string of the molecule is C#Cc1cc(N(c2ccccc2)c2ncnc3cc(OCCOC)c(OCCOC)cc23)ccc1C. The number of aromatic nitrogens is 2. The highest BCUT2D eigenvalue weighted by Crippen LogP contribution is 2.40. The number of rotatable bonds is 11. The van der Waals surface area contributed by atoms with Gasteiger partial charge in [0.2, 0.25) is 0 Å². The van der Waals surface area contributed by atoms with E-state index in [9.17, 15) is 0 Å². The Morgan fingerprint density at radius 3 is 2.17 bits per heavy atom. The fraction of sp³-hybridized carbons (Fsp3) is 0.241. The zero-order valence-electron chi connectivity index (χ0n) is 20.7. The Kier molecular flexibility index (Phi) is 8.35. The molecule has 4 aromatic rings. The van der Waals surface area contributed by atoms with Crippen LogP contribution in [0.15, 0.2) is 67.0 Å². The van der Waals surface area contributed by atoms with Gasteiger partial charge in [-0.2, -0.15) is 0 Å². The second kappa shape index (κ2) is 12.0. The minimum Gasteiger partial charge on any atom is -0.487 e. The lowest BCUT2D eigenvalue weighted by molar-refractivity contribution is 0.132. The van der Waals surface area contributed by atoms with Gasteiger partial charge in [0.25, 0.3) is 0 Å². The van der Waals surface area contributed by atoms with Crippen LogP contribution in [-0.4, -0.2) is 50.6 Å². The number of benzene rings is 3. The summed E-state index contributed by atoms with van der Waals surface area (Å²) in [7, 11) is 3.27. The van der Waals surface area contributed by atoms with Crippen molar-refractivity contribution in [3.63, 3.8) is 0 Å². The van der Waals surface area contributed by atoms with Gasteiger partial charge in [-0.1, -0.05) is 30.2 Å². The summed E-state index contributed by atoms with van der Waals surface area (Å²) in [5.74, 6) is 4.63. The quantitative estimate of drug-likeness (QED) is 0.208. The van der Waals surface area contributed by atoms with Gasteiger partial charge < -0.3 is 18.9 Å². The van der Waals surface area contributed by atoms with E-state index in [-0.39, 0.29) is 0 Å². The molecule has 1 heterocycles. The molecule has 0 amide bonds. The largest absolute Gasteiger partial charge is 0.487 e. The molecule has 1 aromatic heterocycles.